The molecule has 0 aromatic carbocycles. The summed E-state index contributed by atoms with van der Waals surface area (Å²) >= 11 is 0.999. The largest absolute Gasteiger partial charge is 0.472 e. The average molecular weight is 451 g/mol. The van der Waals surface area contributed by atoms with Crippen LogP contribution >= 0.6 is 11.8 Å². The number of hydrogen-bond acceptors (Lipinski definition) is 4. The van der Waals surface area contributed by atoms with E-state index in [1.54, 1.807) is 11.0 Å². The van der Waals surface area contributed by atoms with Gasteiger partial charge < -0.3 is 9.32 Å². The summed E-state index contributed by atoms with van der Waals surface area (Å²) in [5.41, 5.74) is 0.428. The van der Waals surface area contributed by atoms with Gasteiger partial charge in [0.1, 0.15) is 6.26 Å². The normalized spacial score (nSPS) is 33.9. The van der Waals surface area contributed by atoms with Gasteiger partial charge in [0.2, 0.25) is 0 Å². The van der Waals surface area contributed by atoms with E-state index in [9.17, 15) is 9.59 Å². The zero-order valence-corrected chi connectivity index (χ0v) is 18.5. The molecule has 1 saturated heterocycles. The summed E-state index contributed by atoms with van der Waals surface area (Å²) in [6.45, 7) is 1.86. The second kappa shape index (κ2) is 7.71. The molecular weight excluding hydrogens is 422 g/mol. The van der Waals surface area contributed by atoms with Crippen molar-refractivity contribution in [2.24, 2.45) is 28.7 Å². The molecule has 1 aromatic heterocycles. The lowest BCUT2D eigenvalue weighted by molar-refractivity contribution is -0.140. The van der Waals surface area contributed by atoms with Gasteiger partial charge in [-0.05, 0) is 69.3 Å². The minimum atomic E-state index is -3.18. The molecule has 5 rings (SSSR count). The van der Waals surface area contributed by atoms with E-state index in [1.165, 1.54) is 38.7 Å². The van der Waals surface area contributed by atoms with Gasteiger partial charge in [-0.1, -0.05) is 18.2 Å². The SMILES string of the molecule is CC1(C(F)(F)C2CCN(C(=O)c3ccoc3)CC2)SC(C[C@H]2C[C@@H]3CC[C@H]2C3)=NC1=O. The molecule has 168 valence electrons. The topological polar surface area (TPSA) is 62.9 Å². The highest BCUT2D eigenvalue weighted by molar-refractivity contribution is 8.16. The number of amides is 2. The molecule has 4 atom stereocenters. The number of carbonyl (C=O) groups excluding carboxylic acids is 2. The van der Waals surface area contributed by atoms with Crippen LogP contribution in [0.5, 0.6) is 0 Å². The van der Waals surface area contributed by atoms with Crippen LogP contribution in [0.4, 0.5) is 8.78 Å². The van der Waals surface area contributed by atoms with Crippen LogP contribution in [-0.2, 0) is 4.79 Å². The number of hydrogen-bond donors (Lipinski definition) is 0. The first-order valence-corrected chi connectivity index (χ1v) is 12.1. The summed E-state index contributed by atoms with van der Waals surface area (Å²) in [6, 6.07) is 1.58. The molecule has 3 heterocycles. The zero-order valence-electron chi connectivity index (χ0n) is 17.7. The molecular formula is C23H28F2N2O3S. The predicted molar refractivity (Wildman–Crippen MR) is 114 cm³/mol. The Labute approximate surface area is 185 Å². The fraction of sp³-hybridized carbons (Fsp3) is 0.696. The van der Waals surface area contributed by atoms with Crippen LogP contribution in [0.25, 0.3) is 0 Å². The molecule has 2 aliphatic carbocycles. The minimum absolute atomic E-state index is 0.168. The van der Waals surface area contributed by atoms with Crippen molar-refractivity contribution in [1.29, 1.82) is 0 Å². The molecule has 8 heteroatoms. The Morgan fingerprint density at radius 2 is 2.06 bits per heavy atom. The van der Waals surface area contributed by atoms with Gasteiger partial charge in [0, 0.05) is 19.0 Å². The second-order valence-corrected chi connectivity index (χ2v) is 11.3. The first-order chi connectivity index (χ1) is 14.8. The molecule has 2 bridgehead atoms. The fourth-order valence-corrected chi connectivity index (χ4v) is 7.41. The van der Waals surface area contributed by atoms with Crippen molar-refractivity contribution in [3.05, 3.63) is 24.2 Å². The Hall–Kier alpha value is -1.70. The van der Waals surface area contributed by atoms with Crippen LogP contribution < -0.4 is 0 Å². The van der Waals surface area contributed by atoms with E-state index in [0.717, 1.165) is 24.1 Å². The van der Waals surface area contributed by atoms with E-state index < -0.39 is 22.5 Å². The third-order valence-corrected chi connectivity index (χ3v) is 9.33. The number of thioether (sulfide) groups is 1. The van der Waals surface area contributed by atoms with Gasteiger partial charge in [0.25, 0.3) is 17.7 Å². The Morgan fingerprint density at radius 1 is 1.29 bits per heavy atom. The van der Waals surface area contributed by atoms with Gasteiger partial charge in [-0.25, -0.2) is 13.8 Å². The Kier molecular flexibility index (Phi) is 5.26. The van der Waals surface area contributed by atoms with E-state index in [0.29, 0.717) is 28.9 Å². The molecule has 0 N–H and O–H groups in total. The van der Waals surface area contributed by atoms with Crippen molar-refractivity contribution in [3.63, 3.8) is 0 Å². The number of fused-ring (bicyclic) bond motifs is 2. The van der Waals surface area contributed by atoms with Crippen molar-refractivity contribution in [3.8, 4) is 0 Å². The standard InChI is InChI=1S/C23H28F2N2O3S/c1-22(21(29)26-19(31-22)12-17-11-14-2-3-15(17)10-14)23(24,25)18-4-7-27(8-5-18)20(28)16-6-9-30-13-16/h6,9,13-15,17-18H,2-5,7-8,10-12H2,1H3/t14-,15+,17-,22?/m1/s1. The number of carbonyl (C=O) groups is 2. The molecule has 5 nitrogen and oxygen atoms in total. The third kappa shape index (κ3) is 3.55. The fourth-order valence-electron chi connectivity index (χ4n) is 6.07. The summed E-state index contributed by atoms with van der Waals surface area (Å²) in [7, 11) is 0. The highest BCUT2D eigenvalue weighted by Gasteiger charge is 2.63. The van der Waals surface area contributed by atoms with Crippen LogP contribution in [0.3, 0.4) is 0 Å². The van der Waals surface area contributed by atoms with Crippen molar-refractivity contribution >= 4 is 28.6 Å². The van der Waals surface area contributed by atoms with E-state index in [2.05, 4.69) is 4.99 Å². The summed E-state index contributed by atoms with van der Waals surface area (Å²) in [5, 5.41) is 0.595. The lowest BCUT2D eigenvalue weighted by Crippen LogP contribution is -2.54. The monoisotopic (exact) mass is 450 g/mol. The summed E-state index contributed by atoms with van der Waals surface area (Å²) < 4.78 is 34.4. The minimum Gasteiger partial charge on any atom is -0.472 e. The van der Waals surface area contributed by atoms with Crippen LogP contribution in [-0.4, -0.2) is 45.5 Å². The lowest BCUT2D eigenvalue weighted by Gasteiger charge is -2.41. The molecule has 0 spiro atoms. The highest BCUT2D eigenvalue weighted by atomic mass is 32.2. The van der Waals surface area contributed by atoms with E-state index in [4.69, 9.17) is 4.42 Å². The Balaban J connectivity index is 1.22. The van der Waals surface area contributed by atoms with Crippen molar-refractivity contribution in [1.82, 2.24) is 4.90 Å². The van der Waals surface area contributed by atoms with Gasteiger partial charge in [0.15, 0.2) is 4.75 Å². The second-order valence-electron chi connectivity index (χ2n) is 9.79. The predicted octanol–water partition coefficient (Wildman–Crippen LogP) is 5.02. The van der Waals surface area contributed by atoms with Gasteiger partial charge in [0.05, 0.1) is 16.9 Å². The Morgan fingerprint density at radius 3 is 2.68 bits per heavy atom. The molecule has 0 radical (unpaired) electrons. The van der Waals surface area contributed by atoms with Crippen molar-refractivity contribution < 1.29 is 22.8 Å². The molecule has 1 unspecified atom stereocenters. The van der Waals surface area contributed by atoms with Gasteiger partial charge in [-0.15, -0.1) is 0 Å². The van der Waals surface area contributed by atoms with Crippen molar-refractivity contribution in [2.45, 2.75) is 62.5 Å². The van der Waals surface area contributed by atoms with E-state index >= 15 is 8.78 Å². The first kappa shape index (κ1) is 21.2. The number of likely N-dealkylation sites (tertiary alicyclic amines) is 1. The molecule has 31 heavy (non-hydrogen) atoms. The van der Waals surface area contributed by atoms with Crippen LogP contribution in [0, 0.1) is 23.7 Å². The van der Waals surface area contributed by atoms with Gasteiger partial charge >= 0.3 is 0 Å². The van der Waals surface area contributed by atoms with Crippen LogP contribution in [0.15, 0.2) is 28.0 Å². The van der Waals surface area contributed by atoms with Gasteiger partial charge in [-0.2, -0.15) is 0 Å². The van der Waals surface area contributed by atoms with Crippen LogP contribution in [0.2, 0.25) is 0 Å². The maximum absolute atomic E-state index is 15.7. The number of rotatable bonds is 5. The Bertz CT molecular complexity index is 895. The number of alkyl halides is 2. The summed E-state index contributed by atoms with van der Waals surface area (Å²) in [5.74, 6) is -3.08. The molecule has 2 aliphatic heterocycles. The van der Waals surface area contributed by atoms with Gasteiger partial charge in [-0.3, -0.25) is 9.59 Å². The number of furan rings is 1. The summed E-state index contributed by atoms with van der Waals surface area (Å²) in [4.78, 5) is 30.8. The summed E-state index contributed by atoms with van der Waals surface area (Å²) in [6.07, 6.45) is 8.71. The molecule has 2 amide bonds. The van der Waals surface area contributed by atoms with E-state index in [-0.39, 0.29) is 31.8 Å². The van der Waals surface area contributed by atoms with E-state index in [1.807, 2.05) is 0 Å². The van der Waals surface area contributed by atoms with Crippen molar-refractivity contribution in [2.75, 3.05) is 13.1 Å². The zero-order chi connectivity index (χ0) is 21.8. The smallest absolute Gasteiger partial charge is 0.274 e. The molecule has 1 aromatic rings. The quantitative estimate of drug-likeness (QED) is 0.632. The molecule has 3 fully saturated rings. The highest BCUT2D eigenvalue weighted by Crippen LogP contribution is 2.55. The number of aliphatic imine (C=N–C) groups is 1. The number of halogens is 2. The first-order valence-electron chi connectivity index (χ1n) is 11.3. The number of nitrogens with zero attached hydrogens (tertiary/aromatic N) is 2. The number of piperidine rings is 1. The maximum atomic E-state index is 15.7. The lowest BCUT2D eigenvalue weighted by atomic mass is 9.83. The third-order valence-electron chi connectivity index (χ3n) is 7.98. The average Bonchev–Trinajstić information content (AvgIpc) is 3.54. The molecule has 4 aliphatic rings. The molecule has 2 saturated carbocycles. The van der Waals surface area contributed by atoms with Crippen LogP contribution in [0.1, 0.15) is 62.2 Å². The maximum Gasteiger partial charge on any atom is 0.274 e.